The van der Waals surface area contributed by atoms with Gasteiger partial charge in [0.2, 0.25) is 0 Å². The number of hydrogen-bond acceptors (Lipinski definition) is 4. The molecule has 4 nitrogen and oxygen atoms in total. The number of alkyl halides is 1. The minimum absolute atomic E-state index is 0.00176. The molecular weight excluding hydrogens is 252 g/mol. The Morgan fingerprint density at radius 2 is 2.21 bits per heavy atom. The van der Waals surface area contributed by atoms with Gasteiger partial charge in [-0.15, -0.1) is 0 Å². The lowest BCUT2D eigenvalue weighted by molar-refractivity contribution is -0.314. The second-order valence-corrected chi connectivity index (χ2v) is 5.34. The molecule has 2 bridgehead atoms. The lowest BCUT2D eigenvalue weighted by atomic mass is 9.80. The van der Waals surface area contributed by atoms with Crippen LogP contribution in [0.3, 0.4) is 0 Å². The van der Waals surface area contributed by atoms with E-state index in [9.17, 15) is 14.7 Å². The zero-order valence-electron chi connectivity index (χ0n) is 7.18. The van der Waals surface area contributed by atoms with Crippen LogP contribution in [0.5, 0.6) is 0 Å². The Labute approximate surface area is 88.7 Å². The largest absolute Gasteiger partial charge is 0.550 e. The molecule has 5 heteroatoms. The number of aliphatic carboxylic acids is 1. The first-order valence-electron chi connectivity index (χ1n) is 4.66. The molecular formula is C9H8BrO4-. The van der Waals surface area contributed by atoms with Gasteiger partial charge < -0.3 is 14.6 Å². The molecule has 0 aromatic carbocycles. The lowest BCUT2D eigenvalue weighted by Gasteiger charge is -2.28. The van der Waals surface area contributed by atoms with Crippen molar-refractivity contribution in [1.29, 1.82) is 0 Å². The smallest absolute Gasteiger partial charge is 0.310 e. The van der Waals surface area contributed by atoms with Crippen molar-refractivity contribution >= 4 is 27.9 Å². The molecule has 14 heavy (non-hydrogen) atoms. The third-order valence-electron chi connectivity index (χ3n) is 3.80. The minimum Gasteiger partial charge on any atom is -0.550 e. The first kappa shape index (κ1) is 8.71. The standard InChI is InChI=1S/C9H9BrO4/c10-6-2-1-3-5(4(2)8(11)12)9(13)14-7(3)6/h2-7H,1H2,(H,11,12)/p-1. The van der Waals surface area contributed by atoms with Crippen molar-refractivity contribution in [2.45, 2.75) is 17.4 Å². The van der Waals surface area contributed by atoms with Gasteiger partial charge in [0, 0.05) is 17.8 Å². The van der Waals surface area contributed by atoms with Crippen LogP contribution in [-0.2, 0) is 14.3 Å². The Morgan fingerprint density at radius 1 is 1.50 bits per heavy atom. The van der Waals surface area contributed by atoms with Crippen LogP contribution in [0.2, 0.25) is 0 Å². The highest BCUT2D eigenvalue weighted by atomic mass is 79.9. The van der Waals surface area contributed by atoms with Gasteiger partial charge >= 0.3 is 5.97 Å². The summed E-state index contributed by atoms with van der Waals surface area (Å²) in [5.74, 6) is -2.44. The highest BCUT2D eigenvalue weighted by Gasteiger charge is 2.66. The highest BCUT2D eigenvalue weighted by molar-refractivity contribution is 9.09. The quantitative estimate of drug-likeness (QED) is 0.462. The maximum Gasteiger partial charge on any atom is 0.310 e. The van der Waals surface area contributed by atoms with Crippen LogP contribution < -0.4 is 5.11 Å². The molecule has 0 N–H and O–H groups in total. The maximum atomic E-state index is 11.4. The number of fused-ring (bicyclic) bond motifs is 1. The van der Waals surface area contributed by atoms with E-state index < -0.39 is 17.8 Å². The molecule has 0 radical (unpaired) electrons. The number of hydrogen-bond donors (Lipinski definition) is 0. The van der Waals surface area contributed by atoms with E-state index in [-0.39, 0.29) is 28.7 Å². The number of ether oxygens (including phenoxy) is 1. The summed E-state index contributed by atoms with van der Waals surface area (Å²) in [4.78, 5) is 22.3. The Morgan fingerprint density at radius 3 is 2.86 bits per heavy atom. The van der Waals surface area contributed by atoms with E-state index in [0.717, 1.165) is 6.42 Å². The van der Waals surface area contributed by atoms with E-state index >= 15 is 0 Å². The van der Waals surface area contributed by atoms with Gasteiger partial charge in [-0.25, -0.2) is 0 Å². The van der Waals surface area contributed by atoms with E-state index in [4.69, 9.17) is 4.74 Å². The van der Waals surface area contributed by atoms with Crippen molar-refractivity contribution in [3.8, 4) is 0 Å². The van der Waals surface area contributed by atoms with Crippen LogP contribution in [0, 0.1) is 23.7 Å². The van der Waals surface area contributed by atoms with Crippen molar-refractivity contribution in [2.24, 2.45) is 23.7 Å². The fourth-order valence-electron chi connectivity index (χ4n) is 3.29. The predicted octanol–water partition coefficient (Wildman–Crippen LogP) is -0.693. The fourth-order valence-corrected chi connectivity index (χ4v) is 4.34. The van der Waals surface area contributed by atoms with Crippen LogP contribution >= 0.6 is 15.9 Å². The summed E-state index contributed by atoms with van der Waals surface area (Å²) in [6, 6.07) is 0. The van der Waals surface area contributed by atoms with Crippen molar-refractivity contribution < 1.29 is 19.4 Å². The van der Waals surface area contributed by atoms with Gasteiger partial charge in [0.25, 0.3) is 0 Å². The molecule has 2 saturated carbocycles. The molecule has 2 aliphatic carbocycles. The summed E-state index contributed by atoms with van der Waals surface area (Å²) in [5, 5.41) is 10.9. The van der Waals surface area contributed by atoms with Gasteiger partial charge in [-0.3, -0.25) is 4.79 Å². The second kappa shape index (κ2) is 2.51. The molecule has 3 rings (SSSR count). The summed E-state index contributed by atoms with van der Waals surface area (Å²) < 4.78 is 5.15. The SMILES string of the molecule is O=C([O-])C1C2CC3C(OC(=O)C31)C2Br. The molecule has 6 atom stereocenters. The number of carbonyl (C=O) groups is 2. The lowest BCUT2D eigenvalue weighted by Crippen LogP contribution is -2.44. The zero-order valence-corrected chi connectivity index (χ0v) is 8.77. The Bertz CT molecular complexity index is 329. The van der Waals surface area contributed by atoms with Crippen LogP contribution in [0.15, 0.2) is 0 Å². The molecule has 1 saturated heterocycles. The monoisotopic (exact) mass is 259 g/mol. The normalized spacial score (nSPS) is 53.6. The summed E-state index contributed by atoms with van der Waals surface area (Å²) in [5.41, 5.74) is 0. The number of rotatable bonds is 1. The van der Waals surface area contributed by atoms with E-state index in [1.807, 2.05) is 0 Å². The minimum atomic E-state index is -1.11. The molecule has 1 aliphatic heterocycles. The number of halogens is 1. The van der Waals surface area contributed by atoms with Gasteiger partial charge in [0.05, 0.1) is 10.7 Å². The molecule has 0 spiro atoms. The van der Waals surface area contributed by atoms with Crippen molar-refractivity contribution in [3.05, 3.63) is 0 Å². The molecule has 0 amide bonds. The van der Waals surface area contributed by atoms with Crippen LogP contribution in [0.1, 0.15) is 6.42 Å². The Kier molecular flexibility index (Phi) is 1.56. The molecule has 0 aromatic heterocycles. The molecule has 76 valence electrons. The Balaban J connectivity index is 2.04. The predicted molar refractivity (Wildman–Crippen MR) is 46.2 cm³/mol. The van der Waals surface area contributed by atoms with Crippen molar-refractivity contribution in [2.75, 3.05) is 0 Å². The van der Waals surface area contributed by atoms with Gasteiger partial charge in [0.15, 0.2) is 0 Å². The molecule has 0 aromatic rings. The number of esters is 1. The van der Waals surface area contributed by atoms with Gasteiger partial charge in [-0.2, -0.15) is 0 Å². The molecule has 3 fully saturated rings. The van der Waals surface area contributed by atoms with Gasteiger partial charge in [0.1, 0.15) is 6.10 Å². The summed E-state index contributed by atoms with van der Waals surface area (Å²) in [6.45, 7) is 0. The zero-order chi connectivity index (χ0) is 10.0. The molecule has 6 unspecified atom stereocenters. The topological polar surface area (TPSA) is 66.4 Å². The molecule has 3 aliphatic rings. The number of carboxylic acids is 1. The number of carbonyl (C=O) groups excluding carboxylic acids is 2. The highest BCUT2D eigenvalue weighted by Crippen LogP contribution is 2.59. The third-order valence-corrected chi connectivity index (χ3v) is 5.00. The van der Waals surface area contributed by atoms with E-state index in [2.05, 4.69) is 15.9 Å². The third kappa shape index (κ3) is 0.798. The van der Waals surface area contributed by atoms with E-state index in [1.54, 1.807) is 0 Å². The average Bonchev–Trinajstić information content (AvgIpc) is 2.67. The molecule has 1 heterocycles. The first-order valence-corrected chi connectivity index (χ1v) is 5.58. The summed E-state index contributed by atoms with van der Waals surface area (Å²) in [7, 11) is 0. The first-order chi connectivity index (χ1) is 6.61. The van der Waals surface area contributed by atoms with Crippen LogP contribution in [0.4, 0.5) is 0 Å². The van der Waals surface area contributed by atoms with Crippen molar-refractivity contribution in [3.63, 3.8) is 0 Å². The summed E-state index contributed by atoms with van der Waals surface area (Å²) in [6.07, 6.45) is 0.670. The van der Waals surface area contributed by atoms with Crippen molar-refractivity contribution in [1.82, 2.24) is 0 Å². The fraction of sp³-hybridized carbons (Fsp3) is 0.778. The Hall–Kier alpha value is -0.580. The van der Waals surface area contributed by atoms with E-state index in [1.165, 1.54) is 0 Å². The second-order valence-electron chi connectivity index (χ2n) is 4.28. The van der Waals surface area contributed by atoms with Gasteiger partial charge in [-0.05, 0) is 12.3 Å². The summed E-state index contributed by atoms with van der Waals surface area (Å²) >= 11 is 3.42. The van der Waals surface area contributed by atoms with Crippen LogP contribution in [0.25, 0.3) is 0 Å². The van der Waals surface area contributed by atoms with E-state index in [0.29, 0.717) is 0 Å². The van der Waals surface area contributed by atoms with Crippen LogP contribution in [-0.4, -0.2) is 22.9 Å². The average molecular weight is 260 g/mol. The number of carboxylic acid groups (broad SMARTS) is 1. The maximum absolute atomic E-state index is 11.4. The van der Waals surface area contributed by atoms with Gasteiger partial charge in [-0.1, -0.05) is 15.9 Å².